The van der Waals surface area contributed by atoms with Gasteiger partial charge in [0.2, 0.25) is 0 Å². The third kappa shape index (κ3) is 3.01. The van der Waals surface area contributed by atoms with Crippen LogP contribution in [0.1, 0.15) is 49.9 Å². The highest BCUT2D eigenvalue weighted by Gasteiger charge is 2.37. The number of fused-ring (bicyclic) bond motifs is 8. The molecule has 3 aliphatic rings. The van der Waals surface area contributed by atoms with Gasteiger partial charge >= 0.3 is 0 Å². The van der Waals surface area contributed by atoms with Crippen molar-refractivity contribution in [2.45, 2.75) is 38.5 Å². The molecule has 0 radical (unpaired) electrons. The van der Waals surface area contributed by atoms with E-state index in [2.05, 4.69) is 113 Å². The average molecular weight is 579 g/mol. The monoisotopic (exact) mass is 578 g/mol. The lowest BCUT2D eigenvalue weighted by Gasteiger charge is -2.23. The van der Waals surface area contributed by atoms with E-state index >= 15 is 0 Å². The van der Waals surface area contributed by atoms with Crippen molar-refractivity contribution >= 4 is 45.5 Å². The molecule has 0 bridgehead atoms. The zero-order chi connectivity index (χ0) is 28.4. The summed E-state index contributed by atoms with van der Waals surface area (Å²) in [6.45, 7) is 9.27. The molecule has 2 aliphatic carbocycles. The molecular weight excluding hydrogens is 553 g/mol. The Morgan fingerprint density at radius 3 is 1.40 bits per heavy atom. The Bertz CT molecular complexity index is 2100. The van der Waals surface area contributed by atoms with Crippen LogP contribution in [0.3, 0.4) is 0 Å². The van der Waals surface area contributed by atoms with Gasteiger partial charge < -0.3 is 0 Å². The van der Waals surface area contributed by atoms with Gasteiger partial charge in [0.15, 0.2) is 0 Å². The number of hydrogen-bond donors (Lipinski definition) is 0. The minimum absolute atomic E-state index is 0.0877. The Morgan fingerprint density at radius 1 is 0.500 bits per heavy atom. The van der Waals surface area contributed by atoms with Gasteiger partial charge in [0.1, 0.15) is 22.4 Å². The van der Waals surface area contributed by atoms with Gasteiger partial charge in [-0.15, -0.1) is 0 Å². The Hall–Kier alpha value is -4.26. The fourth-order valence-electron chi connectivity index (χ4n) is 7.52. The lowest BCUT2D eigenvalue weighted by atomic mass is 9.81. The number of rotatable bonds is 2. The van der Waals surface area contributed by atoms with E-state index in [-0.39, 0.29) is 10.8 Å². The molecule has 0 atom stereocenters. The molecule has 0 unspecified atom stereocenters. The summed E-state index contributed by atoms with van der Waals surface area (Å²) in [7, 11) is 0. The van der Waals surface area contributed by atoms with Crippen molar-refractivity contribution in [3.8, 4) is 44.5 Å². The summed E-state index contributed by atoms with van der Waals surface area (Å²) in [6.07, 6.45) is 0. The lowest BCUT2D eigenvalue weighted by molar-refractivity contribution is 0.660. The van der Waals surface area contributed by atoms with E-state index in [4.69, 9.17) is 17.5 Å². The molecule has 4 nitrogen and oxygen atoms in total. The number of hydrogen-bond acceptors (Lipinski definition) is 5. The molecule has 9 rings (SSSR count). The number of benzene rings is 5. The second kappa shape index (κ2) is 8.18. The fraction of sp³-hybridized carbons (Fsp3) is 0.167. The summed E-state index contributed by atoms with van der Waals surface area (Å²) in [4.78, 5) is 0. The Labute approximate surface area is 252 Å². The first-order valence-corrected chi connectivity index (χ1v) is 15.7. The van der Waals surface area contributed by atoms with Crippen molar-refractivity contribution in [3.63, 3.8) is 0 Å². The third-order valence-electron chi connectivity index (χ3n) is 9.67. The molecule has 0 saturated heterocycles. The summed E-state index contributed by atoms with van der Waals surface area (Å²) in [5.74, 6) is 0. The van der Waals surface area contributed by atoms with Gasteiger partial charge in [-0.3, -0.25) is 0 Å². The highest BCUT2D eigenvalue weighted by atomic mass is 32.1. The summed E-state index contributed by atoms with van der Waals surface area (Å²) in [5, 5.41) is 0. The smallest absolute Gasteiger partial charge is 0.115 e. The average Bonchev–Trinajstić information content (AvgIpc) is 3.77. The highest BCUT2D eigenvalue weighted by Crippen LogP contribution is 2.56. The number of nitrogens with zero attached hydrogens (tertiary/aromatic N) is 4. The maximum atomic E-state index is 4.88. The predicted molar refractivity (Wildman–Crippen MR) is 175 cm³/mol. The molecule has 5 aromatic carbocycles. The van der Waals surface area contributed by atoms with Gasteiger partial charge in [0.05, 0.1) is 23.1 Å². The van der Waals surface area contributed by atoms with Gasteiger partial charge in [-0.25, -0.2) is 0 Å². The van der Waals surface area contributed by atoms with Gasteiger partial charge in [0.25, 0.3) is 0 Å². The molecule has 0 spiro atoms. The van der Waals surface area contributed by atoms with Crippen molar-refractivity contribution in [2.75, 3.05) is 0 Å². The summed E-state index contributed by atoms with van der Waals surface area (Å²) >= 11 is 2.52. The van der Waals surface area contributed by atoms with Crippen LogP contribution in [0, 0.1) is 0 Å². The SMILES string of the molecule is CC1(C)c2ccccc2-c2ccc(-c3c4c(c(-c5ccc6c(c5)C(C)(C)c5ccccc5-6)c5nsnc35)N=S=N4)cc21. The first kappa shape index (κ1) is 24.3. The van der Waals surface area contributed by atoms with E-state index in [1.165, 1.54) is 67.6 Å². The molecule has 42 heavy (non-hydrogen) atoms. The molecule has 0 saturated carbocycles. The first-order valence-electron chi connectivity index (χ1n) is 14.3. The quantitative estimate of drug-likeness (QED) is 0.205. The lowest BCUT2D eigenvalue weighted by Crippen LogP contribution is -2.15. The molecule has 1 aromatic heterocycles. The third-order valence-corrected chi connectivity index (χ3v) is 10.7. The minimum atomic E-state index is -0.0877. The van der Waals surface area contributed by atoms with Gasteiger partial charge in [-0.1, -0.05) is 100 Å². The standard InChI is InChI=1S/C36H26N4S2/c1-35(2)25-11-7-5-9-21(25)23-15-13-19(17-27(23)35)29-31-33(39-41-37-31)30(34-32(29)38-42-40-34)20-14-16-24-22-10-6-8-12-26(22)36(3,4)28(24)18-20/h5-18H,1-4H3. The number of aromatic nitrogens is 2. The second-order valence-corrected chi connectivity index (χ2v) is 13.6. The Kier molecular flexibility index (Phi) is 4.74. The molecule has 0 amide bonds. The molecule has 2 heterocycles. The molecule has 1 aliphatic heterocycles. The van der Waals surface area contributed by atoms with E-state index in [1.54, 1.807) is 0 Å². The predicted octanol–water partition coefficient (Wildman–Crippen LogP) is 10.4. The van der Waals surface area contributed by atoms with Crippen LogP contribution >= 0.6 is 11.7 Å². The second-order valence-electron chi connectivity index (χ2n) is 12.5. The summed E-state index contributed by atoms with van der Waals surface area (Å²) < 4.78 is 19.5. The fourth-order valence-corrected chi connectivity index (χ4v) is 8.64. The molecule has 202 valence electrons. The van der Waals surface area contributed by atoms with Crippen LogP contribution in [-0.4, -0.2) is 8.75 Å². The van der Waals surface area contributed by atoms with Crippen LogP contribution < -0.4 is 0 Å². The highest BCUT2D eigenvalue weighted by molar-refractivity contribution is 7.58. The maximum absolute atomic E-state index is 4.88. The summed E-state index contributed by atoms with van der Waals surface area (Å²) in [6, 6.07) is 31.2. The van der Waals surface area contributed by atoms with Crippen LogP contribution in [-0.2, 0) is 22.2 Å². The minimum Gasteiger partial charge on any atom is -0.172 e. The molecule has 0 N–H and O–H groups in total. The summed E-state index contributed by atoms with van der Waals surface area (Å²) in [5.41, 5.74) is 18.3. The van der Waals surface area contributed by atoms with Crippen LogP contribution in [0.2, 0.25) is 0 Å². The van der Waals surface area contributed by atoms with E-state index in [9.17, 15) is 0 Å². The maximum Gasteiger partial charge on any atom is 0.115 e. The van der Waals surface area contributed by atoms with Crippen molar-refractivity contribution in [1.82, 2.24) is 8.75 Å². The van der Waals surface area contributed by atoms with Gasteiger partial charge in [-0.2, -0.15) is 17.5 Å². The molecule has 6 aromatic rings. The van der Waals surface area contributed by atoms with Crippen LogP contribution in [0.5, 0.6) is 0 Å². The van der Waals surface area contributed by atoms with E-state index in [0.29, 0.717) is 0 Å². The Morgan fingerprint density at radius 2 is 0.929 bits per heavy atom. The van der Waals surface area contributed by atoms with Crippen LogP contribution in [0.15, 0.2) is 93.7 Å². The van der Waals surface area contributed by atoms with E-state index < -0.39 is 0 Å². The van der Waals surface area contributed by atoms with Crippen LogP contribution in [0.4, 0.5) is 11.4 Å². The first-order chi connectivity index (χ1) is 20.4. The van der Waals surface area contributed by atoms with E-state index in [1.807, 2.05) is 0 Å². The molecule has 6 heteroatoms. The van der Waals surface area contributed by atoms with Crippen molar-refractivity contribution in [3.05, 3.63) is 107 Å². The van der Waals surface area contributed by atoms with Gasteiger partial charge in [0, 0.05) is 22.0 Å². The topological polar surface area (TPSA) is 50.5 Å². The zero-order valence-corrected chi connectivity index (χ0v) is 25.3. The normalized spacial score (nSPS) is 16.1. The van der Waals surface area contributed by atoms with E-state index in [0.717, 1.165) is 44.7 Å². The Balaban J connectivity index is 1.26. The van der Waals surface area contributed by atoms with Crippen LogP contribution in [0.25, 0.3) is 55.5 Å². The molecule has 0 fully saturated rings. The van der Waals surface area contributed by atoms with Gasteiger partial charge in [-0.05, 0) is 67.8 Å². The largest absolute Gasteiger partial charge is 0.172 e. The van der Waals surface area contributed by atoms with Crippen molar-refractivity contribution < 1.29 is 0 Å². The van der Waals surface area contributed by atoms with Crippen molar-refractivity contribution in [1.29, 1.82) is 0 Å². The molecular formula is C36H26N4S2. The van der Waals surface area contributed by atoms with Crippen molar-refractivity contribution in [2.24, 2.45) is 8.73 Å². The zero-order valence-electron chi connectivity index (χ0n) is 23.7.